The standard InChI is InChI=1S/C13H11N3O/c14-8-9-3-5-10(6-4-9)13-16-12-11(17-13)2-1-7-15-12/h1-7H,8,14H2. The molecule has 0 fully saturated rings. The molecule has 1 aromatic carbocycles. The summed E-state index contributed by atoms with van der Waals surface area (Å²) in [7, 11) is 0. The predicted molar refractivity (Wildman–Crippen MR) is 65.1 cm³/mol. The molecule has 0 aliphatic heterocycles. The summed E-state index contributed by atoms with van der Waals surface area (Å²) in [5.41, 5.74) is 8.90. The van der Waals surface area contributed by atoms with Crippen molar-refractivity contribution in [2.24, 2.45) is 5.73 Å². The molecule has 0 aliphatic carbocycles. The minimum atomic E-state index is 0.537. The third kappa shape index (κ3) is 1.79. The van der Waals surface area contributed by atoms with Gasteiger partial charge in [0.1, 0.15) is 0 Å². The number of hydrogen-bond acceptors (Lipinski definition) is 4. The third-order valence-electron chi connectivity index (χ3n) is 2.60. The first-order chi connectivity index (χ1) is 8.36. The van der Waals surface area contributed by atoms with Gasteiger partial charge in [-0.2, -0.15) is 4.98 Å². The van der Waals surface area contributed by atoms with Crippen LogP contribution < -0.4 is 5.73 Å². The van der Waals surface area contributed by atoms with Crippen molar-refractivity contribution in [1.29, 1.82) is 0 Å². The molecule has 84 valence electrons. The summed E-state index contributed by atoms with van der Waals surface area (Å²) in [6.07, 6.45) is 1.70. The summed E-state index contributed by atoms with van der Waals surface area (Å²) in [6, 6.07) is 11.5. The molecule has 0 saturated heterocycles. The van der Waals surface area contributed by atoms with Gasteiger partial charge in [0.05, 0.1) is 0 Å². The molecule has 4 nitrogen and oxygen atoms in total. The van der Waals surface area contributed by atoms with Crippen LogP contribution in [0.2, 0.25) is 0 Å². The van der Waals surface area contributed by atoms with Crippen LogP contribution in [0.5, 0.6) is 0 Å². The van der Waals surface area contributed by atoms with Crippen LogP contribution in [0.3, 0.4) is 0 Å². The molecule has 0 saturated carbocycles. The summed E-state index contributed by atoms with van der Waals surface area (Å²) in [5.74, 6) is 0.585. The highest BCUT2D eigenvalue weighted by molar-refractivity contribution is 5.71. The Hall–Kier alpha value is -2.20. The van der Waals surface area contributed by atoms with Gasteiger partial charge in [-0.15, -0.1) is 0 Å². The van der Waals surface area contributed by atoms with Gasteiger partial charge in [0.15, 0.2) is 11.2 Å². The second-order valence-electron chi connectivity index (χ2n) is 3.75. The second-order valence-corrected chi connectivity index (χ2v) is 3.75. The molecule has 3 rings (SSSR count). The van der Waals surface area contributed by atoms with E-state index in [0.29, 0.717) is 23.7 Å². The first kappa shape index (κ1) is 9.99. The minimum absolute atomic E-state index is 0.537. The molecule has 2 aromatic heterocycles. The zero-order valence-corrected chi connectivity index (χ0v) is 9.13. The lowest BCUT2D eigenvalue weighted by atomic mass is 10.1. The number of pyridine rings is 1. The molecule has 3 aromatic rings. The third-order valence-corrected chi connectivity index (χ3v) is 2.60. The van der Waals surface area contributed by atoms with Crippen molar-refractivity contribution in [2.75, 3.05) is 0 Å². The van der Waals surface area contributed by atoms with Crippen molar-refractivity contribution in [3.05, 3.63) is 48.2 Å². The number of benzene rings is 1. The van der Waals surface area contributed by atoms with Crippen molar-refractivity contribution in [3.63, 3.8) is 0 Å². The molecule has 0 atom stereocenters. The molecule has 0 unspecified atom stereocenters. The molecule has 17 heavy (non-hydrogen) atoms. The topological polar surface area (TPSA) is 64.9 Å². The zero-order chi connectivity index (χ0) is 11.7. The maximum absolute atomic E-state index is 5.62. The lowest BCUT2D eigenvalue weighted by Gasteiger charge is -1.97. The van der Waals surface area contributed by atoms with Crippen LogP contribution in [-0.2, 0) is 6.54 Å². The van der Waals surface area contributed by atoms with Gasteiger partial charge in [-0.25, -0.2) is 4.98 Å². The highest BCUT2D eigenvalue weighted by atomic mass is 16.3. The van der Waals surface area contributed by atoms with E-state index in [2.05, 4.69) is 9.97 Å². The molecule has 0 radical (unpaired) electrons. The number of oxazole rings is 1. The number of aromatic nitrogens is 2. The van der Waals surface area contributed by atoms with Crippen LogP contribution in [-0.4, -0.2) is 9.97 Å². The Morgan fingerprint density at radius 1 is 1.12 bits per heavy atom. The summed E-state index contributed by atoms with van der Waals surface area (Å²) in [5, 5.41) is 0. The van der Waals surface area contributed by atoms with E-state index in [9.17, 15) is 0 Å². The van der Waals surface area contributed by atoms with Crippen molar-refractivity contribution in [2.45, 2.75) is 6.54 Å². The fourth-order valence-electron chi connectivity index (χ4n) is 1.68. The van der Waals surface area contributed by atoms with Crippen LogP contribution in [0.25, 0.3) is 22.7 Å². The smallest absolute Gasteiger partial charge is 0.228 e. The van der Waals surface area contributed by atoms with Gasteiger partial charge in [0.25, 0.3) is 0 Å². The molecular weight excluding hydrogens is 214 g/mol. The fourth-order valence-corrected chi connectivity index (χ4v) is 1.68. The SMILES string of the molecule is NCc1ccc(-c2nc3ncccc3o2)cc1. The van der Waals surface area contributed by atoms with Crippen molar-refractivity contribution in [3.8, 4) is 11.5 Å². The Kier molecular flexibility index (Phi) is 2.34. The largest absolute Gasteiger partial charge is 0.434 e. The van der Waals surface area contributed by atoms with Crippen LogP contribution in [0, 0.1) is 0 Å². The molecule has 0 aliphatic rings. The first-order valence-corrected chi connectivity index (χ1v) is 5.38. The van der Waals surface area contributed by atoms with E-state index < -0.39 is 0 Å². The van der Waals surface area contributed by atoms with E-state index in [1.807, 2.05) is 36.4 Å². The van der Waals surface area contributed by atoms with Crippen molar-refractivity contribution < 1.29 is 4.42 Å². The summed E-state index contributed by atoms with van der Waals surface area (Å²) in [6.45, 7) is 0.537. The van der Waals surface area contributed by atoms with Crippen molar-refractivity contribution >= 4 is 11.2 Å². The van der Waals surface area contributed by atoms with Gasteiger partial charge in [0, 0.05) is 18.3 Å². The Morgan fingerprint density at radius 3 is 2.65 bits per heavy atom. The first-order valence-electron chi connectivity index (χ1n) is 5.38. The van der Waals surface area contributed by atoms with Gasteiger partial charge in [-0.1, -0.05) is 12.1 Å². The van der Waals surface area contributed by atoms with Crippen molar-refractivity contribution in [1.82, 2.24) is 9.97 Å². The quantitative estimate of drug-likeness (QED) is 0.727. The number of nitrogens with zero attached hydrogens (tertiary/aromatic N) is 2. The highest BCUT2D eigenvalue weighted by Crippen LogP contribution is 2.22. The van der Waals surface area contributed by atoms with Gasteiger partial charge < -0.3 is 10.2 Å². The highest BCUT2D eigenvalue weighted by Gasteiger charge is 2.07. The maximum atomic E-state index is 5.62. The molecular formula is C13H11N3O. The fraction of sp³-hybridized carbons (Fsp3) is 0.0769. The van der Waals surface area contributed by atoms with E-state index in [1.165, 1.54) is 0 Å². The average molecular weight is 225 g/mol. The predicted octanol–water partition coefficient (Wildman–Crippen LogP) is 2.35. The van der Waals surface area contributed by atoms with Gasteiger partial charge in [-0.05, 0) is 29.8 Å². The zero-order valence-electron chi connectivity index (χ0n) is 9.13. The molecule has 4 heteroatoms. The Balaban J connectivity index is 2.07. The van der Waals surface area contributed by atoms with Crippen LogP contribution in [0.1, 0.15) is 5.56 Å². The van der Waals surface area contributed by atoms with E-state index in [0.717, 1.165) is 11.1 Å². The van der Waals surface area contributed by atoms with E-state index in [-0.39, 0.29) is 0 Å². The van der Waals surface area contributed by atoms with Gasteiger partial charge in [0.2, 0.25) is 5.89 Å². The number of nitrogens with two attached hydrogens (primary N) is 1. The van der Waals surface area contributed by atoms with Gasteiger partial charge in [-0.3, -0.25) is 0 Å². The molecule has 0 bridgehead atoms. The van der Waals surface area contributed by atoms with E-state index in [1.54, 1.807) is 6.20 Å². The molecule has 0 spiro atoms. The number of fused-ring (bicyclic) bond motifs is 1. The Bertz CT molecular complexity index is 610. The number of hydrogen-bond donors (Lipinski definition) is 1. The Morgan fingerprint density at radius 2 is 1.94 bits per heavy atom. The summed E-state index contributed by atoms with van der Waals surface area (Å²) in [4.78, 5) is 8.47. The maximum Gasteiger partial charge on any atom is 0.228 e. The summed E-state index contributed by atoms with van der Waals surface area (Å²) >= 11 is 0. The van der Waals surface area contributed by atoms with Crippen LogP contribution in [0.15, 0.2) is 47.0 Å². The summed E-state index contributed by atoms with van der Waals surface area (Å²) < 4.78 is 5.62. The molecule has 2 heterocycles. The lowest BCUT2D eigenvalue weighted by Crippen LogP contribution is -1.95. The number of rotatable bonds is 2. The molecule has 0 amide bonds. The monoisotopic (exact) mass is 225 g/mol. The molecule has 2 N–H and O–H groups in total. The van der Waals surface area contributed by atoms with Gasteiger partial charge >= 0.3 is 0 Å². The van der Waals surface area contributed by atoms with E-state index >= 15 is 0 Å². The van der Waals surface area contributed by atoms with E-state index in [4.69, 9.17) is 10.2 Å². The second kappa shape index (κ2) is 3.99. The average Bonchev–Trinajstić information content (AvgIpc) is 2.82. The Labute approximate surface area is 98.1 Å². The normalized spacial score (nSPS) is 10.9. The lowest BCUT2D eigenvalue weighted by molar-refractivity contribution is 0.619. The van der Waals surface area contributed by atoms with Crippen LogP contribution in [0.4, 0.5) is 0 Å². The van der Waals surface area contributed by atoms with Crippen LogP contribution >= 0.6 is 0 Å². The minimum Gasteiger partial charge on any atom is -0.434 e.